The van der Waals surface area contributed by atoms with Crippen LogP contribution in [0.1, 0.15) is 43.0 Å². The van der Waals surface area contributed by atoms with E-state index >= 15 is 0 Å². The van der Waals surface area contributed by atoms with Crippen LogP contribution in [-0.4, -0.2) is 54.3 Å². The van der Waals surface area contributed by atoms with Gasteiger partial charge in [-0.2, -0.15) is 0 Å². The molecule has 2 aliphatic rings. The van der Waals surface area contributed by atoms with Crippen molar-refractivity contribution in [2.75, 3.05) is 19.0 Å². The smallest absolute Gasteiger partial charge is 0.337 e. The van der Waals surface area contributed by atoms with E-state index < -0.39 is 30.5 Å². The number of carbonyl (C=O) groups is 5. The van der Waals surface area contributed by atoms with E-state index in [4.69, 9.17) is 4.74 Å². The number of anilines is 1. The summed E-state index contributed by atoms with van der Waals surface area (Å²) in [5.41, 5.74) is 0.738. The standard InChI is InChI=1S/C21H24N2O7/c1-12(23-18(25)15-5-3-4-6-16(15)19(23)26)20(27)30-11-17(24)22-14-9-7-13(8-10-14)21(28)29-2/h7-10,12,15-16H,3-6,11H2,1-2H3,(H,22,24)/t12-,15-,16+/m0/s1. The van der Waals surface area contributed by atoms with Gasteiger partial charge in [0.1, 0.15) is 6.04 Å². The molecule has 1 saturated carbocycles. The molecular formula is C21H24N2O7. The number of likely N-dealkylation sites (tertiary alicyclic amines) is 1. The summed E-state index contributed by atoms with van der Waals surface area (Å²) in [5.74, 6) is -3.26. The lowest BCUT2D eigenvalue weighted by Crippen LogP contribution is -2.45. The number of nitrogens with one attached hydrogen (secondary N) is 1. The van der Waals surface area contributed by atoms with E-state index in [1.165, 1.54) is 38.3 Å². The number of carbonyl (C=O) groups excluding carboxylic acids is 5. The van der Waals surface area contributed by atoms with Crippen LogP contribution in [-0.2, 0) is 28.7 Å². The Labute approximate surface area is 173 Å². The van der Waals surface area contributed by atoms with Crippen LogP contribution in [0.25, 0.3) is 0 Å². The minimum atomic E-state index is -1.08. The van der Waals surface area contributed by atoms with E-state index in [0.29, 0.717) is 24.1 Å². The molecule has 9 nitrogen and oxygen atoms in total. The Kier molecular flexibility index (Phi) is 6.49. The number of benzene rings is 1. The number of fused-ring (bicyclic) bond motifs is 1. The molecule has 0 spiro atoms. The summed E-state index contributed by atoms with van der Waals surface area (Å²) in [4.78, 5) is 61.9. The van der Waals surface area contributed by atoms with E-state index in [-0.39, 0.29) is 23.7 Å². The number of methoxy groups -OCH3 is 1. The van der Waals surface area contributed by atoms with Crippen molar-refractivity contribution in [3.8, 4) is 0 Å². The van der Waals surface area contributed by atoms with Gasteiger partial charge in [-0.25, -0.2) is 9.59 Å². The van der Waals surface area contributed by atoms with Crippen molar-refractivity contribution in [1.82, 2.24) is 4.90 Å². The summed E-state index contributed by atoms with van der Waals surface area (Å²) in [6.07, 6.45) is 3.11. The van der Waals surface area contributed by atoms with Crippen molar-refractivity contribution >= 4 is 35.3 Å². The molecule has 0 unspecified atom stereocenters. The van der Waals surface area contributed by atoms with E-state index in [9.17, 15) is 24.0 Å². The number of hydrogen-bond acceptors (Lipinski definition) is 7. The van der Waals surface area contributed by atoms with Gasteiger partial charge < -0.3 is 14.8 Å². The van der Waals surface area contributed by atoms with E-state index in [1.807, 2.05) is 0 Å². The molecule has 3 rings (SSSR count). The second-order valence-corrected chi connectivity index (χ2v) is 7.44. The molecule has 1 heterocycles. The van der Waals surface area contributed by atoms with Crippen molar-refractivity contribution in [1.29, 1.82) is 0 Å². The molecule has 30 heavy (non-hydrogen) atoms. The molecule has 160 valence electrons. The summed E-state index contributed by atoms with van der Waals surface area (Å²) in [6.45, 7) is 0.865. The van der Waals surface area contributed by atoms with Crippen LogP contribution in [0.4, 0.5) is 5.69 Å². The maximum Gasteiger partial charge on any atom is 0.337 e. The van der Waals surface area contributed by atoms with Gasteiger partial charge in [-0.3, -0.25) is 19.3 Å². The zero-order chi connectivity index (χ0) is 21.8. The molecule has 0 aromatic heterocycles. The molecule has 1 aliphatic carbocycles. The number of imide groups is 1. The lowest BCUT2D eigenvalue weighted by Gasteiger charge is -2.21. The summed E-state index contributed by atoms with van der Waals surface area (Å²) < 4.78 is 9.61. The van der Waals surface area contributed by atoms with Gasteiger partial charge in [0.15, 0.2) is 6.61 Å². The van der Waals surface area contributed by atoms with Gasteiger partial charge in [0.25, 0.3) is 5.91 Å². The Morgan fingerprint density at radius 1 is 1.07 bits per heavy atom. The summed E-state index contributed by atoms with van der Waals surface area (Å²) in [7, 11) is 1.27. The molecule has 1 aromatic rings. The third-order valence-electron chi connectivity index (χ3n) is 5.54. The summed E-state index contributed by atoms with van der Waals surface area (Å²) >= 11 is 0. The van der Waals surface area contributed by atoms with Gasteiger partial charge in [-0.1, -0.05) is 12.8 Å². The zero-order valence-corrected chi connectivity index (χ0v) is 16.9. The molecule has 3 amide bonds. The predicted octanol–water partition coefficient (Wildman–Crippen LogP) is 1.52. The Morgan fingerprint density at radius 3 is 2.17 bits per heavy atom. The molecule has 1 N–H and O–H groups in total. The zero-order valence-electron chi connectivity index (χ0n) is 16.9. The van der Waals surface area contributed by atoms with Gasteiger partial charge in [0, 0.05) is 5.69 Å². The highest BCUT2D eigenvalue weighted by molar-refractivity contribution is 6.08. The Morgan fingerprint density at radius 2 is 1.63 bits per heavy atom. The highest BCUT2D eigenvalue weighted by Gasteiger charge is 2.51. The normalized spacial score (nSPS) is 21.6. The molecule has 1 aliphatic heterocycles. The number of esters is 2. The molecule has 9 heteroatoms. The van der Waals surface area contributed by atoms with Crippen LogP contribution in [0.15, 0.2) is 24.3 Å². The van der Waals surface area contributed by atoms with Crippen molar-refractivity contribution in [2.45, 2.75) is 38.6 Å². The number of ether oxygens (including phenoxy) is 2. The van der Waals surface area contributed by atoms with Gasteiger partial charge in [-0.15, -0.1) is 0 Å². The van der Waals surface area contributed by atoms with Crippen molar-refractivity contribution in [2.24, 2.45) is 11.8 Å². The Balaban J connectivity index is 1.52. The fourth-order valence-electron chi connectivity index (χ4n) is 3.94. The third kappa shape index (κ3) is 4.34. The second kappa shape index (κ2) is 9.06. The lowest BCUT2D eigenvalue weighted by atomic mass is 9.81. The van der Waals surface area contributed by atoms with Gasteiger partial charge in [0.2, 0.25) is 11.8 Å². The first-order valence-corrected chi connectivity index (χ1v) is 9.85. The maximum absolute atomic E-state index is 12.6. The average Bonchev–Trinajstić information content (AvgIpc) is 3.02. The van der Waals surface area contributed by atoms with Gasteiger partial charge in [-0.05, 0) is 44.0 Å². The number of amides is 3. The van der Waals surface area contributed by atoms with Crippen LogP contribution in [0, 0.1) is 11.8 Å². The first-order valence-electron chi connectivity index (χ1n) is 9.85. The highest BCUT2D eigenvalue weighted by Crippen LogP contribution is 2.38. The van der Waals surface area contributed by atoms with Crippen molar-refractivity contribution in [3.05, 3.63) is 29.8 Å². The average molecular weight is 416 g/mol. The summed E-state index contributed by atoms with van der Waals surface area (Å²) in [6, 6.07) is 4.91. The Bertz CT molecular complexity index is 841. The van der Waals surface area contributed by atoms with Crippen LogP contribution in [0.2, 0.25) is 0 Å². The first kappa shape index (κ1) is 21.5. The lowest BCUT2D eigenvalue weighted by molar-refractivity contribution is -0.159. The SMILES string of the molecule is COC(=O)c1ccc(NC(=O)COC(=O)[C@H](C)N2C(=O)[C@H]3CCCC[C@H]3C2=O)cc1. The topological polar surface area (TPSA) is 119 Å². The van der Waals surface area contributed by atoms with Crippen LogP contribution in [0.3, 0.4) is 0 Å². The van der Waals surface area contributed by atoms with E-state index in [0.717, 1.165) is 17.7 Å². The van der Waals surface area contributed by atoms with Crippen LogP contribution < -0.4 is 5.32 Å². The highest BCUT2D eigenvalue weighted by atomic mass is 16.5. The van der Waals surface area contributed by atoms with Gasteiger partial charge in [0.05, 0.1) is 24.5 Å². The fourth-order valence-corrected chi connectivity index (χ4v) is 3.94. The second-order valence-electron chi connectivity index (χ2n) is 7.44. The van der Waals surface area contributed by atoms with Gasteiger partial charge >= 0.3 is 11.9 Å². The van der Waals surface area contributed by atoms with Crippen molar-refractivity contribution < 1.29 is 33.4 Å². The predicted molar refractivity (Wildman–Crippen MR) is 104 cm³/mol. The Hall–Kier alpha value is -3.23. The number of nitrogens with zero attached hydrogens (tertiary/aromatic N) is 1. The van der Waals surface area contributed by atoms with E-state index in [2.05, 4.69) is 10.1 Å². The number of hydrogen-bond donors (Lipinski definition) is 1. The minimum absolute atomic E-state index is 0.329. The molecule has 3 atom stereocenters. The van der Waals surface area contributed by atoms with Crippen LogP contribution >= 0.6 is 0 Å². The van der Waals surface area contributed by atoms with Crippen molar-refractivity contribution in [3.63, 3.8) is 0 Å². The molecule has 1 saturated heterocycles. The van der Waals surface area contributed by atoms with Crippen LogP contribution in [0.5, 0.6) is 0 Å². The molecule has 0 bridgehead atoms. The maximum atomic E-state index is 12.6. The first-order chi connectivity index (χ1) is 14.3. The summed E-state index contributed by atoms with van der Waals surface area (Å²) in [5, 5.41) is 2.53. The minimum Gasteiger partial charge on any atom is -0.465 e. The molecule has 0 radical (unpaired) electrons. The fraction of sp³-hybridized carbons (Fsp3) is 0.476. The molecule has 2 fully saturated rings. The van der Waals surface area contributed by atoms with E-state index in [1.54, 1.807) is 0 Å². The third-order valence-corrected chi connectivity index (χ3v) is 5.54. The largest absolute Gasteiger partial charge is 0.465 e. The quantitative estimate of drug-likeness (QED) is 0.551. The molecular weight excluding hydrogens is 392 g/mol. The number of rotatable bonds is 6. The monoisotopic (exact) mass is 416 g/mol. The molecule has 1 aromatic carbocycles.